The Balaban J connectivity index is 1.65. The van der Waals surface area contributed by atoms with Crippen molar-refractivity contribution in [1.82, 2.24) is 0 Å². The van der Waals surface area contributed by atoms with Crippen molar-refractivity contribution in [1.29, 1.82) is 0 Å². The Hall–Kier alpha value is -1.84. The van der Waals surface area contributed by atoms with E-state index in [0.29, 0.717) is 23.7 Å². The van der Waals surface area contributed by atoms with E-state index < -0.39 is 5.97 Å². The fraction of sp³-hybridized carbons (Fsp3) is 0.733. The normalized spacial score (nSPS) is 48.1. The zero-order valence-corrected chi connectivity index (χ0v) is 21.8. The van der Waals surface area contributed by atoms with Gasteiger partial charge in [-0.3, -0.25) is 9.59 Å². The highest BCUT2D eigenvalue weighted by atomic mass is 16.4. The van der Waals surface area contributed by atoms with Gasteiger partial charge in [-0.2, -0.15) is 0 Å². The van der Waals surface area contributed by atoms with Gasteiger partial charge in [0.1, 0.15) is 0 Å². The lowest BCUT2D eigenvalue weighted by Gasteiger charge is -2.68. The minimum absolute atomic E-state index is 0.00126. The van der Waals surface area contributed by atoms with E-state index in [4.69, 9.17) is 0 Å². The number of Topliss-reactive ketones (excluding diaryl/α,β-unsaturated/α-hetero) is 1. The molecule has 0 saturated heterocycles. The van der Waals surface area contributed by atoms with Crippen LogP contribution in [-0.2, 0) is 9.59 Å². The SMILES string of the molecule is CC1=C2CC[C@]3(C)[C@H](CC=C4[C@@H]5[C@@H](C)[C@H](C)CC[C@]5(CC(=O)O)CC[C@]43C)[C@@]2(C)C=C(O)C1=O. The van der Waals surface area contributed by atoms with Crippen LogP contribution in [0, 0.1) is 45.3 Å². The molecule has 4 heteroatoms. The number of fused-ring (bicyclic) bond motifs is 7. The summed E-state index contributed by atoms with van der Waals surface area (Å²) in [5, 5.41) is 20.5. The van der Waals surface area contributed by atoms with Crippen molar-refractivity contribution in [2.75, 3.05) is 0 Å². The molecule has 34 heavy (non-hydrogen) atoms. The molecule has 0 aromatic rings. The van der Waals surface area contributed by atoms with E-state index in [-0.39, 0.29) is 39.6 Å². The lowest BCUT2D eigenvalue weighted by atomic mass is 9.35. The molecular weight excluding hydrogens is 424 g/mol. The summed E-state index contributed by atoms with van der Waals surface area (Å²) < 4.78 is 0. The van der Waals surface area contributed by atoms with Crippen LogP contribution in [-0.4, -0.2) is 22.0 Å². The first-order chi connectivity index (χ1) is 15.8. The molecule has 4 nitrogen and oxygen atoms in total. The lowest BCUT2D eigenvalue weighted by molar-refractivity contribution is -0.148. The molecule has 5 aliphatic carbocycles. The third kappa shape index (κ3) is 2.83. The molecule has 2 N–H and O–H groups in total. The standard InChI is InChI=1S/C30H42O4/c1-17-9-12-30(16-24(32)33)14-13-28(5)21(25(30)18(17)2)7-8-23-27(4)15-22(31)26(34)19(3)20(27)10-11-29(23,28)6/h7,15,17-18,23,25,31H,8-14,16H2,1-6H3,(H,32,33)/t17-,18+,23-,25+,27+,28-,29-,30-/m1/s1. The third-order valence-electron chi connectivity index (χ3n) is 12.1. The highest BCUT2D eigenvalue weighted by Crippen LogP contribution is 2.74. The number of ketones is 1. The van der Waals surface area contributed by atoms with Crippen molar-refractivity contribution in [3.63, 3.8) is 0 Å². The molecule has 5 rings (SSSR count). The van der Waals surface area contributed by atoms with Gasteiger partial charge in [0.2, 0.25) is 5.78 Å². The monoisotopic (exact) mass is 466 g/mol. The van der Waals surface area contributed by atoms with Crippen LogP contribution >= 0.6 is 0 Å². The highest BCUT2D eigenvalue weighted by Gasteiger charge is 2.66. The number of hydrogen-bond acceptors (Lipinski definition) is 3. The van der Waals surface area contributed by atoms with Crippen molar-refractivity contribution < 1.29 is 19.8 Å². The molecule has 0 bridgehead atoms. The zero-order chi connectivity index (χ0) is 24.8. The largest absolute Gasteiger partial charge is 0.504 e. The van der Waals surface area contributed by atoms with Crippen molar-refractivity contribution in [3.8, 4) is 0 Å². The average Bonchev–Trinajstić information content (AvgIpc) is 2.75. The first kappa shape index (κ1) is 23.9. The Labute approximate surface area is 204 Å². The molecular formula is C30H42O4. The van der Waals surface area contributed by atoms with Crippen LogP contribution in [0.3, 0.4) is 0 Å². The van der Waals surface area contributed by atoms with E-state index in [9.17, 15) is 19.8 Å². The van der Waals surface area contributed by atoms with Gasteiger partial charge in [0.05, 0.1) is 6.42 Å². The summed E-state index contributed by atoms with van der Waals surface area (Å²) in [5.74, 6) is 0.762. The molecule has 0 radical (unpaired) electrons. The van der Waals surface area contributed by atoms with Crippen LogP contribution in [0.25, 0.3) is 0 Å². The Morgan fingerprint density at radius 1 is 1.12 bits per heavy atom. The Bertz CT molecular complexity index is 1050. The van der Waals surface area contributed by atoms with E-state index in [1.165, 1.54) is 11.1 Å². The summed E-state index contributed by atoms with van der Waals surface area (Å²) >= 11 is 0. The summed E-state index contributed by atoms with van der Waals surface area (Å²) in [4.78, 5) is 24.6. The minimum atomic E-state index is -0.654. The van der Waals surface area contributed by atoms with Gasteiger partial charge in [0.25, 0.3) is 0 Å². The van der Waals surface area contributed by atoms with Gasteiger partial charge in [-0.25, -0.2) is 0 Å². The molecule has 0 unspecified atom stereocenters. The molecule has 0 aromatic heterocycles. The number of aliphatic carboxylic acids is 1. The lowest BCUT2D eigenvalue weighted by Crippen LogP contribution is -2.61. The minimum Gasteiger partial charge on any atom is -0.504 e. The Morgan fingerprint density at radius 2 is 1.82 bits per heavy atom. The quantitative estimate of drug-likeness (QED) is 0.429. The van der Waals surface area contributed by atoms with E-state index >= 15 is 0 Å². The van der Waals surface area contributed by atoms with Gasteiger partial charge in [0, 0.05) is 11.0 Å². The summed E-state index contributed by atoms with van der Waals surface area (Å²) in [6, 6.07) is 0. The number of carboxylic acids is 1. The van der Waals surface area contributed by atoms with E-state index in [2.05, 4.69) is 40.7 Å². The molecule has 3 fully saturated rings. The Kier molecular flexibility index (Phi) is 5.15. The second-order valence-corrected chi connectivity index (χ2v) is 13.2. The smallest absolute Gasteiger partial charge is 0.303 e. The first-order valence-corrected chi connectivity index (χ1v) is 13.4. The maximum Gasteiger partial charge on any atom is 0.303 e. The molecule has 0 aliphatic heterocycles. The third-order valence-corrected chi connectivity index (χ3v) is 12.1. The number of allylic oxidation sites excluding steroid dienone is 5. The van der Waals surface area contributed by atoms with Gasteiger partial charge in [-0.05, 0) is 97.9 Å². The van der Waals surface area contributed by atoms with E-state index in [1.807, 2.05) is 13.0 Å². The van der Waals surface area contributed by atoms with Gasteiger partial charge in [0.15, 0.2) is 5.76 Å². The number of aliphatic hydroxyl groups is 1. The highest BCUT2D eigenvalue weighted by molar-refractivity contribution is 6.08. The van der Waals surface area contributed by atoms with Crippen LogP contribution in [0.4, 0.5) is 0 Å². The maximum absolute atomic E-state index is 12.6. The molecule has 0 heterocycles. The predicted octanol–water partition coefficient (Wildman–Crippen LogP) is 7.02. The van der Waals surface area contributed by atoms with Crippen LogP contribution in [0.5, 0.6) is 0 Å². The number of aliphatic hydroxyl groups excluding tert-OH is 1. The molecule has 0 aromatic carbocycles. The summed E-state index contributed by atoms with van der Waals surface area (Å²) in [5.41, 5.74) is 3.08. The maximum atomic E-state index is 12.6. The van der Waals surface area contributed by atoms with Crippen molar-refractivity contribution >= 4 is 11.8 Å². The fourth-order valence-electron chi connectivity index (χ4n) is 9.82. The van der Waals surface area contributed by atoms with Crippen LogP contribution in [0.15, 0.2) is 34.6 Å². The van der Waals surface area contributed by atoms with Gasteiger partial charge >= 0.3 is 5.97 Å². The van der Waals surface area contributed by atoms with Gasteiger partial charge < -0.3 is 10.2 Å². The van der Waals surface area contributed by atoms with Crippen LogP contribution < -0.4 is 0 Å². The topological polar surface area (TPSA) is 74.6 Å². The van der Waals surface area contributed by atoms with Crippen molar-refractivity contribution in [3.05, 3.63) is 34.6 Å². The van der Waals surface area contributed by atoms with Gasteiger partial charge in [-0.15, -0.1) is 0 Å². The van der Waals surface area contributed by atoms with Gasteiger partial charge in [-0.1, -0.05) is 51.8 Å². The average molecular weight is 467 g/mol. The fourth-order valence-corrected chi connectivity index (χ4v) is 9.82. The second kappa shape index (κ2) is 7.34. The summed E-state index contributed by atoms with van der Waals surface area (Å²) in [6.45, 7) is 13.8. The summed E-state index contributed by atoms with van der Waals surface area (Å²) in [7, 11) is 0. The Morgan fingerprint density at radius 3 is 2.50 bits per heavy atom. The number of hydrogen-bond donors (Lipinski definition) is 2. The predicted molar refractivity (Wildman–Crippen MR) is 133 cm³/mol. The van der Waals surface area contributed by atoms with E-state index in [0.717, 1.165) is 50.5 Å². The molecule has 3 saturated carbocycles. The van der Waals surface area contributed by atoms with Crippen LogP contribution in [0.1, 0.15) is 92.9 Å². The van der Waals surface area contributed by atoms with E-state index in [1.54, 1.807) is 0 Å². The number of carbonyl (C=O) groups is 2. The first-order valence-electron chi connectivity index (χ1n) is 13.4. The number of carboxylic acid groups (broad SMARTS) is 1. The number of rotatable bonds is 2. The molecule has 0 spiro atoms. The molecule has 5 aliphatic rings. The molecule has 8 atom stereocenters. The van der Waals surface area contributed by atoms with Crippen LogP contribution in [0.2, 0.25) is 0 Å². The second-order valence-electron chi connectivity index (χ2n) is 13.2. The zero-order valence-electron chi connectivity index (χ0n) is 21.8. The molecule has 0 amide bonds. The molecule has 186 valence electrons. The van der Waals surface area contributed by atoms with Crippen molar-refractivity contribution in [2.45, 2.75) is 92.9 Å². The van der Waals surface area contributed by atoms with Crippen molar-refractivity contribution in [2.24, 2.45) is 45.3 Å². The number of carbonyl (C=O) groups excluding carboxylic acids is 1. The summed E-state index contributed by atoms with van der Waals surface area (Å²) in [6.07, 6.45) is 11.6.